The molecule has 0 unspecified atom stereocenters. The molecule has 4 heteroatoms. The van der Waals surface area contributed by atoms with Gasteiger partial charge in [-0.25, -0.2) is 9.97 Å². The largest absolute Gasteiger partial charge is 0.455 e. The second kappa shape index (κ2) is 10.9. The van der Waals surface area contributed by atoms with Crippen molar-refractivity contribution in [3.63, 3.8) is 0 Å². The minimum absolute atomic E-state index is 0.439. The van der Waals surface area contributed by atoms with Crippen LogP contribution in [0.1, 0.15) is 22.3 Å². The van der Waals surface area contributed by atoms with Gasteiger partial charge >= 0.3 is 0 Å². The van der Waals surface area contributed by atoms with Gasteiger partial charge in [-0.15, -0.1) is 0 Å². The van der Waals surface area contributed by atoms with E-state index in [9.17, 15) is 0 Å². The Kier molecular flexibility index (Phi) is 6.10. The van der Waals surface area contributed by atoms with Crippen molar-refractivity contribution in [2.75, 3.05) is 0 Å². The molecule has 0 radical (unpaired) electrons. The summed E-state index contributed by atoms with van der Waals surface area (Å²) >= 11 is 1.82. The topological polar surface area (TPSA) is 38.9 Å². The van der Waals surface area contributed by atoms with Crippen LogP contribution in [0.4, 0.5) is 0 Å². The molecule has 11 rings (SSSR count). The molecule has 1 aliphatic heterocycles. The molecule has 0 N–H and O–H groups in total. The Balaban J connectivity index is 1.14. The van der Waals surface area contributed by atoms with Gasteiger partial charge in [0.1, 0.15) is 11.2 Å². The smallest absolute Gasteiger partial charge is 0.160 e. The van der Waals surface area contributed by atoms with Gasteiger partial charge in [-0.2, -0.15) is 0 Å². The molecular weight excluding hydrogens is 641 g/mol. The molecule has 9 aromatic rings. The summed E-state index contributed by atoms with van der Waals surface area (Å²) < 4.78 is 6.87. The fourth-order valence-electron chi connectivity index (χ4n) is 8.38. The first kappa shape index (κ1) is 28.6. The number of fused-ring (bicyclic) bond motifs is 13. The number of rotatable bonds is 3. The molecule has 1 aliphatic carbocycles. The summed E-state index contributed by atoms with van der Waals surface area (Å²) in [5.74, 6) is 0.704. The summed E-state index contributed by atoms with van der Waals surface area (Å²) in [4.78, 5) is 12.5. The zero-order valence-corrected chi connectivity index (χ0v) is 28.2. The van der Waals surface area contributed by atoms with Crippen LogP contribution in [0, 0.1) is 0 Å². The fraction of sp³-hybridized carbons (Fsp3) is 0.0213. The lowest BCUT2D eigenvalue weighted by atomic mass is 9.67. The lowest BCUT2D eigenvalue weighted by Crippen LogP contribution is -2.31. The monoisotopic (exact) mass is 668 g/mol. The Morgan fingerprint density at radius 2 is 1.06 bits per heavy atom. The minimum Gasteiger partial charge on any atom is -0.455 e. The van der Waals surface area contributed by atoms with Gasteiger partial charge < -0.3 is 4.42 Å². The molecule has 0 saturated carbocycles. The van der Waals surface area contributed by atoms with E-state index in [2.05, 4.69) is 133 Å². The van der Waals surface area contributed by atoms with Gasteiger partial charge in [-0.3, -0.25) is 0 Å². The highest BCUT2D eigenvalue weighted by molar-refractivity contribution is 7.99. The first-order valence-corrected chi connectivity index (χ1v) is 18.1. The van der Waals surface area contributed by atoms with Crippen LogP contribution in [0.2, 0.25) is 0 Å². The van der Waals surface area contributed by atoms with E-state index in [4.69, 9.17) is 14.4 Å². The standard InChI is InChI=1S/C47H28N2OS/c1-3-13-29(14-4-1)40-28-41(49-46(48-40)30-15-5-2-6-16-30)31-23-26-42-35(27-31)34-24-25-39-45(44(34)50-42)51-43-22-12-11-21-38(43)47(39)36-19-9-7-17-32(36)33-18-8-10-20-37(33)47/h1-28H. The summed E-state index contributed by atoms with van der Waals surface area (Å²) in [5.41, 5.74) is 14.0. The predicted octanol–water partition coefficient (Wildman–Crippen LogP) is 12.2. The fourth-order valence-corrected chi connectivity index (χ4v) is 9.65. The molecule has 7 aromatic carbocycles. The zero-order valence-electron chi connectivity index (χ0n) is 27.4. The average molecular weight is 669 g/mol. The zero-order chi connectivity index (χ0) is 33.5. The summed E-state index contributed by atoms with van der Waals surface area (Å²) in [7, 11) is 0. The number of aromatic nitrogens is 2. The molecule has 238 valence electrons. The third-order valence-corrected chi connectivity index (χ3v) is 11.8. The Bertz CT molecular complexity index is 2740. The van der Waals surface area contributed by atoms with Crippen LogP contribution in [-0.4, -0.2) is 9.97 Å². The number of furan rings is 1. The minimum atomic E-state index is -0.439. The lowest BCUT2D eigenvalue weighted by molar-refractivity contribution is 0.649. The number of hydrogen-bond acceptors (Lipinski definition) is 4. The predicted molar refractivity (Wildman–Crippen MR) is 207 cm³/mol. The highest BCUT2D eigenvalue weighted by Gasteiger charge is 2.50. The number of nitrogens with zero attached hydrogens (tertiary/aromatic N) is 2. The van der Waals surface area contributed by atoms with Gasteiger partial charge in [-0.1, -0.05) is 151 Å². The van der Waals surface area contributed by atoms with Crippen LogP contribution in [0.25, 0.3) is 67.0 Å². The van der Waals surface area contributed by atoms with Gasteiger partial charge in [0.25, 0.3) is 0 Å². The van der Waals surface area contributed by atoms with Gasteiger partial charge in [0.15, 0.2) is 5.82 Å². The van der Waals surface area contributed by atoms with E-state index in [-0.39, 0.29) is 0 Å². The maximum atomic E-state index is 6.87. The number of benzene rings is 7. The molecule has 1 spiro atoms. The summed E-state index contributed by atoms with van der Waals surface area (Å²) in [6, 6.07) is 60.4. The molecular formula is C47H28N2OS. The molecule has 3 heterocycles. The highest BCUT2D eigenvalue weighted by Crippen LogP contribution is 2.63. The van der Waals surface area contributed by atoms with Crippen LogP contribution in [0.5, 0.6) is 0 Å². The maximum absolute atomic E-state index is 6.87. The van der Waals surface area contributed by atoms with Crippen molar-refractivity contribution in [3.05, 3.63) is 192 Å². The van der Waals surface area contributed by atoms with E-state index in [0.717, 1.165) is 50.0 Å². The molecule has 3 nitrogen and oxygen atoms in total. The maximum Gasteiger partial charge on any atom is 0.160 e. The van der Waals surface area contributed by atoms with E-state index in [1.807, 2.05) is 48.2 Å². The SMILES string of the molecule is c1ccc(-c2cc(-c3ccc4oc5c6c(ccc5c4c3)C3(c4ccccc4S6)c4ccccc4-c4ccccc43)nc(-c3ccccc3)n2)cc1. The molecule has 0 atom stereocenters. The van der Waals surface area contributed by atoms with E-state index in [0.29, 0.717) is 5.82 Å². The molecule has 0 amide bonds. The van der Waals surface area contributed by atoms with Crippen LogP contribution in [0.3, 0.4) is 0 Å². The van der Waals surface area contributed by atoms with Crippen molar-refractivity contribution >= 4 is 33.7 Å². The lowest BCUT2D eigenvalue weighted by Gasteiger charge is -2.39. The molecule has 0 saturated heterocycles. The Morgan fingerprint density at radius 1 is 0.451 bits per heavy atom. The highest BCUT2D eigenvalue weighted by atomic mass is 32.2. The number of hydrogen-bond donors (Lipinski definition) is 0. The van der Waals surface area contributed by atoms with Crippen molar-refractivity contribution < 1.29 is 4.42 Å². The normalized spacial score (nSPS) is 13.6. The van der Waals surface area contributed by atoms with Gasteiger partial charge in [0.05, 0.1) is 21.7 Å². The third kappa shape index (κ3) is 4.08. The van der Waals surface area contributed by atoms with Gasteiger partial charge in [0, 0.05) is 32.4 Å². The quantitative estimate of drug-likeness (QED) is 0.188. The van der Waals surface area contributed by atoms with Crippen molar-refractivity contribution in [1.82, 2.24) is 9.97 Å². The second-order valence-corrected chi connectivity index (χ2v) is 14.3. The Labute approximate surface area is 299 Å². The molecule has 51 heavy (non-hydrogen) atoms. The second-order valence-electron chi connectivity index (χ2n) is 13.3. The molecule has 0 fully saturated rings. The van der Waals surface area contributed by atoms with Crippen molar-refractivity contribution in [3.8, 4) is 45.0 Å². The van der Waals surface area contributed by atoms with Crippen LogP contribution in [-0.2, 0) is 5.41 Å². The van der Waals surface area contributed by atoms with Crippen LogP contribution >= 0.6 is 11.8 Å². The van der Waals surface area contributed by atoms with E-state index in [1.165, 1.54) is 43.2 Å². The third-order valence-electron chi connectivity index (χ3n) is 10.6. The average Bonchev–Trinajstić information content (AvgIpc) is 3.73. The summed E-state index contributed by atoms with van der Waals surface area (Å²) in [6.45, 7) is 0. The molecule has 2 aromatic heterocycles. The summed E-state index contributed by atoms with van der Waals surface area (Å²) in [5, 5.41) is 2.18. The first-order valence-electron chi connectivity index (χ1n) is 17.2. The van der Waals surface area contributed by atoms with E-state index in [1.54, 1.807) is 0 Å². The van der Waals surface area contributed by atoms with Crippen molar-refractivity contribution in [1.29, 1.82) is 0 Å². The van der Waals surface area contributed by atoms with Gasteiger partial charge in [-0.05, 0) is 63.7 Å². The van der Waals surface area contributed by atoms with E-state index >= 15 is 0 Å². The Hall–Kier alpha value is -6.23. The van der Waals surface area contributed by atoms with Crippen LogP contribution < -0.4 is 0 Å². The van der Waals surface area contributed by atoms with Crippen LogP contribution in [0.15, 0.2) is 184 Å². The molecule has 2 aliphatic rings. The van der Waals surface area contributed by atoms with Gasteiger partial charge in [0.2, 0.25) is 0 Å². The first-order chi connectivity index (χ1) is 25.3. The van der Waals surface area contributed by atoms with E-state index < -0.39 is 5.41 Å². The Morgan fingerprint density at radius 3 is 1.78 bits per heavy atom. The van der Waals surface area contributed by atoms with Crippen molar-refractivity contribution in [2.24, 2.45) is 0 Å². The molecule has 0 bridgehead atoms. The van der Waals surface area contributed by atoms with Crippen molar-refractivity contribution in [2.45, 2.75) is 15.2 Å². The summed E-state index contributed by atoms with van der Waals surface area (Å²) in [6.07, 6.45) is 0.